The molecule has 0 aromatic heterocycles. The summed E-state index contributed by atoms with van der Waals surface area (Å²) >= 11 is 0. The quantitative estimate of drug-likeness (QED) is 0.788. The first-order valence-electron chi connectivity index (χ1n) is 7.91. The Morgan fingerprint density at radius 1 is 0.950 bits per heavy atom. The van der Waals surface area contributed by atoms with Crippen LogP contribution in [0.1, 0.15) is 33.6 Å². The highest BCUT2D eigenvalue weighted by molar-refractivity contribution is 7.86. The first-order chi connectivity index (χ1) is 9.43. The van der Waals surface area contributed by atoms with Crippen molar-refractivity contribution in [2.75, 3.05) is 45.8 Å². The van der Waals surface area contributed by atoms with Crippen molar-refractivity contribution in [2.24, 2.45) is 11.8 Å². The summed E-state index contributed by atoms with van der Waals surface area (Å²) < 4.78 is 29.0. The van der Waals surface area contributed by atoms with E-state index in [2.05, 4.69) is 25.7 Å². The van der Waals surface area contributed by atoms with Gasteiger partial charge in [0.2, 0.25) is 0 Å². The molecule has 0 aliphatic carbocycles. The van der Waals surface area contributed by atoms with Gasteiger partial charge in [0, 0.05) is 32.7 Å². The number of piperidine rings is 1. The van der Waals surface area contributed by atoms with Gasteiger partial charge in [0.15, 0.2) is 0 Å². The molecule has 0 radical (unpaired) electrons. The van der Waals surface area contributed by atoms with Crippen molar-refractivity contribution in [3.05, 3.63) is 0 Å². The average molecular weight is 303 g/mol. The molecule has 0 unspecified atom stereocenters. The lowest BCUT2D eigenvalue weighted by Crippen LogP contribution is -2.50. The minimum Gasteiger partial charge on any atom is -0.302 e. The summed E-state index contributed by atoms with van der Waals surface area (Å²) in [6.45, 7) is 12.0. The van der Waals surface area contributed by atoms with Gasteiger partial charge in [0.05, 0.1) is 0 Å². The Kier molecular flexibility index (Phi) is 5.45. The molecule has 2 heterocycles. The van der Waals surface area contributed by atoms with Crippen LogP contribution in [0, 0.1) is 11.8 Å². The topological polar surface area (TPSA) is 43.9 Å². The molecule has 0 aromatic carbocycles. The zero-order chi connectivity index (χ0) is 14.8. The normalized spacial score (nSPS) is 32.1. The van der Waals surface area contributed by atoms with Crippen LogP contribution in [0.2, 0.25) is 0 Å². The fourth-order valence-electron chi connectivity index (χ4n) is 3.45. The molecule has 0 spiro atoms. The number of likely N-dealkylation sites (N-methyl/N-ethyl adjacent to an activating group) is 1. The van der Waals surface area contributed by atoms with Crippen molar-refractivity contribution in [3.63, 3.8) is 0 Å². The van der Waals surface area contributed by atoms with E-state index in [9.17, 15) is 8.42 Å². The van der Waals surface area contributed by atoms with E-state index in [1.54, 1.807) is 8.61 Å². The minimum absolute atomic E-state index is 0.465. The van der Waals surface area contributed by atoms with E-state index in [1.807, 2.05) is 0 Å². The highest BCUT2D eigenvalue weighted by Crippen LogP contribution is 2.25. The summed E-state index contributed by atoms with van der Waals surface area (Å²) in [5.74, 6) is 0.931. The third-order valence-corrected chi connectivity index (χ3v) is 6.45. The molecule has 0 saturated carbocycles. The predicted molar refractivity (Wildman–Crippen MR) is 81.7 cm³/mol. The van der Waals surface area contributed by atoms with Gasteiger partial charge in [-0.3, -0.25) is 0 Å². The van der Waals surface area contributed by atoms with Crippen molar-refractivity contribution in [3.8, 4) is 0 Å². The molecule has 118 valence electrons. The van der Waals surface area contributed by atoms with Crippen molar-refractivity contribution in [2.45, 2.75) is 33.6 Å². The Morgan fingerprint density at radius 3 is 2.20 bits per heavy atom. The Morgan fingerprint density at radius 2 is 1.60 bits per heavy atom. The van der Waals surface area contributed by atoms with Crippen LogP contribution >= 0.6 is 0 Å². The monoisotopic (exact) mass is 303 g/mol. The molecule has 0 aromatic rings. The molecule has 0 bridgehead atoms. The Balaban J connectivity index is 2.05. The Labute approximate surface area is 124 Å². The summed E-state index contributed by atoms with van der Waals surface area (Å²) in [4.78, 5) is 2.33. The first-order valence-corrected chi connectivity index (χ1v) is 9.30. The van der Waals surface area contributed by atoms with Gasteiger partial charge < -0.3 is 4.90 Å². The van der Waals surface area contributed by atoms with Crippen molar-refractivity contribution in [1.82, 2.24) is 13.5 Å². The molecule has 2 fully saturated rings. The Bertz CT molecular complexity index is 403. The average Bonchev–Trinajstić information content (AvgIpc) is 2.63. The van der Waals surface area contributed by atoms with Crippen LogP contribution < -0.4 is 0 Å². The maximum Gasteiger partial charge on any atom is 0.282 e. The maximum absolute atomic E-state index is 12.8. The van der Waals surface area contributed by atoms with Crippen LogP contribution in [0.3, 0.4) is 0 Å². The number of rotatable bonds is 3. The third kappa shape index (κ3) is 3.72. The van der Waals surface area contributed by atoms with Gasteiger partial charge in [-0.05, 0) is 37.8 Å². The van der Waals surface area contributed by atoms with Crippen molar-refractivity contribution < 1.29 is 8.42 Å². The molecule has 2 aliphatic rings. The van der Waals surface area contributed by atoms with Crippen molar-refractivity contribution in [1.29, 1.82) is 0 Å². The molecule has 2 saturated heterocycles. The number of hydrogen-bond acceptors (Lipinski definition) is 3. The molecule has 20 heavy (non-hydrogen) atoms. The van der Waals surface area contributed by atoms with Crippen LogP contribution in [-0.2, 0) is 10.2 Å². The SMILES string of the molecule is CCN1CCCN(S(=O)(=O)N2C[C@@H](C)C[C@H](C)C2)CC1. The molecular weight excluding hydrogens is 274 g/mol. The van der Waals surface area contributed by atoms with E-state index in [1.165, 1.54) is 0 Å². The van der Waals surface area contributed by atoms with Crippen LogP contribution in [0.15, 0.2) is 0 Å². The summed E-state index contributed by atoms with van der Waals surface area (Å²) in [6.07, 6.45) is 2.07. The molecule has 2 rings (SSSR count). The molecular formula is C14H29N3O2S. The zero-order valence-corrected chi connectivity index (χ0v) is 13.9. The van der Waals surface area contributed by atoms with E-state index in [-0.39, 0.29) is 0 Å². The van der Waals surface area contributed by atoms with Crippen LogP contribution in [-0.4, -0.2) is 67.7 Å². The lowest BCUT2D eigenvalue weighted by molar-refractivity contribution is 0.208. The molecule has 5 nitrogen and oxygen atoms in total. The fourth-order valence-corrected chi connectivity index (χ4v) is 5.34. The molecule has 0 N–H and O–H groups in total. The van der Waals surface area contributed by atoms with Crippen LogP contribution in [0.4, 0.5) is 0 Å². The molecule has 2 atom stereocenters. The van der Waals surface area contributed by atoms with Gasteiger partial charge in [-0.15, -0.1) is 0 Å². The summed E-state index contributed by atoms with van der Waals surface area (Å²) in [5, 5.41) is 0. The van der Waals surface area contributed by atoms with E-state index < -0.39 is 10.2 Å². The maximum atomic E-state index is 12.8. The van der Waals surface area contributed by atoms with E-state index in [0.29, 0.717) is 38.0 Å². The second-order valence-corrected chi connectivity index (χ2v) is 8.39. The standard InChI is InChI=1S/C14H29N3O2S/c1-4-15-6-5-7-16(9-8-15)20(18,19)17-11-13(2)10-14(3)12-17/h13-14H,4-12H2,1-3H3/t13-,14-/m0/s1. The van der Waals surface area contributed by atoms with E-state index in [4.69, 9.17) is 0 Å². The minimum atomic E-state index is -3.27. The van der Waals surface area contributed by atoms with Gasteiger partial charge in [0.1, 0.15) is 0 Å². The van der Waals surface area contributed by atoms with E-state index >= 15 is 0 Å². The van der Waals surface area contributed by atoms with Gasteiger partial charge >= 0.3 is 0 Å². The highest BCUT2D eigenvalue weighted by atomic mass is 32.2. The van der Waals surface area contributed by atoms with Gasteiger partial charge in [0.25, 0.3) is 10.2 Å². The highest BCUT2D eigenvalue weighted by Gasteiger charge is 2.35. The third-order valence-electron chi connectivity index (χ3n) is 4.48. The van der Waals surface area contributed by atoms with Crippen LogP contribution in [0.5, 0.6) is 0 Å². The summed E-state index contributed by atoms with van der Waals surface area (Å²) in [7, 11) is -3.27. The lowest BCUT2D eigenvalue weighted by atomic mass is 9.94. The second-order valence-electron chi connectivity index (χ2n) is 6.46. The summed E-state index contributed by atoms with van der Waals surface area (Å²) in [6, 6.07) is 0. The second kappa shape index (κ2) is 6.73. The van der Waals surface area contributed by atoms with Gasteiger partial charge in [-0.2, -0.15) is 17.0 Å². The molecule has 6 heteroatoms. The van der Waals surface area contributed by atoms with Gasteiger partial charge in [-0.25, -0.2) is 0 Å². The van der Waals surface area contributed by atoms with Crippen LogP contribution in [0.25, 0.3) is 0 Å². The molecule has 0 amide bonds. The largest absolute Gasteiger partial charge is 0.302 e. The number of hydrogen-bond donors (Lipinski definition) is 0. The fraction of sp³-hybridized carbons (Fsp3) is 1.00. The predicted octanol–water partition coefficient (Wildman–Crippen LogP) is 1.24. The van der Waals surface area contributed by atoms with Gasteiger partial charge in [-0.1, -0.05) is 20.8 Å². The van der Waals surface area contributed by atoms with Crippen molar-refractivity contribution >= 4 is 10.2 Å². The smallest absolute Gasteiger partial charge is 0.282 e. The lowest BCUT2D eigenvalue weighted by Gasteiger charge is -2.37. The number of nitrogens with zero attached hydrogens (tertiary/aromatic N) is 3. The first kappa shape index (κ1) is 16.2. The van der Waals surface area contributed by atoms with E-state index in [0.717, 1.165) is 32.5 Å². The zero-order valence-electron chi connectivity index (χ0n) is 13.1. The summed E-state index contributed by atoms with van der Waals surface area (Å²) in [5.41, 5.74) is 0. The Hall–Kier alpha value is -0.170. The molecule has 2 aliphatic heterocycles.